The second-order valence-corrected chi connectivity index (χ2v) is 4.64. The zero-order chi connectivity index (χ0) is 13.7. The van der Waals surface area contributed by atoms with Gasteiger partial charge in [-0.3, -0.25) is 4.79 Å². The Morgan fingerprint density at radius 2 is 2.00 bits per heavy atom. The third-order valence-electron chi connectivity index (χ3n) is 2.92. The van der Waals surface area contributed by atoms with Gasteiger partial charge in [-0.25, -0.2) is 0 Å². The molecule has 100 valence electrons. The van der Waals surface area contributed by atoms with E-state index in [1.165, 1.54) is 6.92 Å². The number of aryl methyl sites for hydroxylation is 2. The average molecular weight is 251 g/mol. The molecule has 0 aliphatic carbocycles. The SMILES string of the molecule is CC(=O)NCCC(O)C(O)c1ccc(C)cc1C. The smallest absolute Gasteiger partial charge is 0.216 e. The Bertz CT molecular complexity index is 418. The van der Waals surface area contributed by atoms with Crippen molar-refractivity contribution in [2.24, 2.45) is 0 Å². The van der Waals surface area contributed by atoms with Crippen molar-refractivity contribution < 1.29 is 15.0 Å². The minimum Gasteiger partial charge on any atom is -0.390 e. The lowest BCUT2D eigenvalue weighted by Gasteiger charge is -2.20. The maximum Gasteiger partial charge on any atom is 0.216 e. The average Bonchev–Trinajstić information content (AvgIpc) is 2.27. The molecule has 1 amide bonds. The van der Waals surface area contributed by atoms with Crippen molar-refractivity contribution in [1.29, 1.82) is 0 Å². The first-order valence-corrected chi connectivity index (χ1v) is 6.09. The molecule has 0 spiro atoms. The number of aliphatic hydroxyl groups is 2. The number of rotatable bonds is 5. The lowest BCUT2D eigenvalue weighted by Crippen LogP contribution is -2.27. The van der Waals surface area contributed by atoms with Crippen LogP contribution in [0.5, 0.6) is 0 Å². The van der Waals surface area contributed by atoms with Gasteiger partial charge in [0.05, 0.1) is 6.10 Å². The number of nitrogens with one attached hydrogen (secondary N) is 1. The molecule has 0 aliphatic heterocycles. The highest BCUT2D eigenvalue weighted by atomic mass is 16.3. The molecule has 1 aromatic rings. The molecule has 4 nitrogen and oxygen atoms in total. The normalized spacial score (nSPS) is 14.1. The molecule has 0 bridgehead atoms. The van der Waals surface area contributed by atoms with Crippen LogP contribution in [0, 0.1) is 13.8 Å². The van der Waals surface area contributed by atoms with Crippen LogP contribution < -0.4 is 5.32 Å². The highest BCUT2D eigenvalue weighted by Gasteiger charge is 2.19. The molecule has 1 aromatic carbocycles. The van der Waals surface area contributed by atoms with Gasteiger partial charge in [-0.05, 0) is 31.4 Å². The summed E-state index contributed by atoms with van der Waals surface area (Å²) >= 11 is 0. The number of carbonyl (C=O) groups excluding carboxylic acids is 1. The number of aliphatic hydroxyl groups excluding tert-OH is 2. The van der Waals surface area contributed by atoms with Gasteiger partial charge >= 0.3 is 0 Å². The van der Waals surface area contributed by atoms with Crippen molar-refractivity contribution >= 4 is 5.91 Å². The monoisotopic (exact) mass is 251 g/mol. The van der Waals surface area contributed by atoms with Crippen molar-refractivity contribution in [2.45, 2.75) is 39.4 Å². The van der Waals surface area contributed by atoms with E-state index >= 15 is 0 Å². The Balaban J connectivity index is 2.62. The molecule has 1 rings (SSSR count). The van der Waals surface area contributed by atoms with E-state index in [9.17, 15) is 15.0 Å². The van der Waals surface area contributed by atoms with Gasteiger partial charge in [0.2, 0.25) is 5.91 Å². The zero-order valence-corrected chi connectivity index (χ0v) is 11.1. The Labute approximate surface area is 108 Å². The molecule has 0 saturated carbocycles. The topological polar surface area (TPSA) is 69.6 Å². The predicted octanol–water partition coefficient (Wildman–Crippen LogP) is 1.22. The van der Waals surface area contributed by atoms with Gasteiger partial charge in [-0.2, -0.15) is 0 Å². The fraction of sp³-hybridized carbons (Fsp3) is 0.500. The lowest BCUT2D eigenvalue weighted by atomic mass is 9.96. The first kappa shape index (κ1) is 14.7. The first-order valence-electron chi connectivity index (χ1n) is 6.09. The molecule has 0 heterocycles. The van der Waals surface area contributed by atoms with Crippen molar-refractivity contribution in [1.82, 2.24) is 5.32 Å². The highest BCUT2D eigenvalue weighted by molar-refractivity contribution is 5.72. The molecule has 0 aliphatic rings. The van der Waals surface area contributed by atoms with E-state index in [0.29, 0.717) is 13.0 Å². The van der Waals surface area contributed by atoms with E-state index in [0.717, 1.165) is 16.7 Å². The Kier molecular flexibility index (Phi) is 5.31. The number of benzene rings is 1. The van der Waals surface area contributed by atoms with Crippen molar-refractivity contribution in [3.63, 3.8) is 0 Å². The summed E-state index contributed by atoms with van der Waals surface area (Å²) in [4.78, 5) is 10.7. The van der Waals surface area contributed by atoms with Crippen LogP contribution in [0.2, 0.25) is 0 Å². The molecule has 18 heavy (non-hydrogen) atoms. The quantitative estimate of drug-likeness (QED) is 0.737. The summed E-state index contributed by atoms with van der Waals surface area (Å²) in [7, 11) is 0. The van der Waals surface area contributed by atoms with E-state index < -0.39 is 12.2 Å². The molecule has 3 N–H and O–H groups in total. The number of carbonyl (C=O) groups is 1. The number of hydrogen-bond donors (Lipinski definition) is 3. The minimum absolute atomic E-state index is 0.136. The zero-order valence-electron chi connectivity index (χ0n) is 11.1. The van der Waals surface area contributed by atoms with E-state index in [4.69, 9.17) is 0 Å². The van der Waals surface area contributed by atoms with Crippen molar-refractivity contribution in [3.05, 3.63) is 34.9 Å². The van der Waals surface area contributed by atoms with Gasteiger partial charge in [0.25, 0.3) is 0 Å². The second-order valence-electron chi connectivity index (χ2n) is 4.64. The number of hydrogen-bond acceptors (Lipinski definition) is 3. The minimum atomic E-state index is -0.917. The van der Waals surface area contributed by atoms with Crippen LogP contribution in [0.25, 0.3) is 0 Å². The van der Waals surface area contributed by atoms with Crippen LogP contribution in [-0.2, 0) is 4.79 Å². The number of amides is 1. The van der Waals surface area contributed by atoms with Gasteiger partial charge in [0.15, 0.2) is 0 Å². The van der Waals surface area contributed by atoms with Crippen LogP contribution in [0.1, 0.15) is 36.1 Å². The predicted molar refractivity (Wildman–Crippen MR) is 70.2 cm³/mol. The Morgan fingerprint density at radius 1 is 1.33 bits per heavy atom. The maximum absolute atomic E-state index is 10.7. The lowest BCUT2D eigenvalue weighted by molar-refractivity contribution is -0.119. The summed E-state index contributed by atoms with van der Waals surface area (Å²) in [5, 5.41) is 22.5. The molecular weight excluding hydrogens is 230 g/mol. The van der Waals surface area contributed by atoms with Crippen molar-refractivity contribution in [3.8, 4) is 0 Å². The van der Waals surface area contributed by atoms with E-state index in [2.05, 4.69) is 5.32 Å². The van der Waals surface area contributed by atoms with E-state index in [1.807, 2.05) is 32.0 Å². The van der Waals surface area contributed by atoms with Gasteiger partial charge in [-0.15, -0.1) is 0 Å². The second kappa shape index (κ2) is 6.52. The Morgan fingerprint density at radius 3 is 2.56 bits per heavy atom. The fourth-order valence-corrected chi connectivity index (χ4v) is 1.92. The van der Waals surface area contributed by atoms with Gasteiger partial charge in [-0.1, -0.05) is 23.8 Å². The van der Waals surface area contributed by atoms with Gasteiger partial charge < -0.3 is 15.5 Å². The van der Waals surface area contributed by atoms with Crippen LogP contribution >= 0.6 is 0 Å². The third-order valence-corrected chi connectivity index (χ3v) is 2.92. The molecule has 0 saturated heterocycles. The van der Waals surface area contributed by atoms with Crippen LogP contribution in [0.15, 0.2) is 18.2 Å². The summed E-state index contributed by atoms with van der Waals surface area (Å²) in [6.45, 7) is 5.67. The molecule has 2 atom stereocenters. The molecule has 2 unspecified atom stereocenters. The van der Waals surface area contributed by atoms with E-state index in [1.54, 1.807) is 0 Å². The largest absolute Gasteiger partial charge is 0.390 e. The fourth-order valence-electron chi connectivity index (χ4n) is 1.92. The standard InChI is InChI=1S/C14H21NO3/c1-9-4-5-12(10(2)8-9)14(18)13(17)6-7-15-11(3)16/h4-5,8,13-14,17-18H,6-7H2,1-3H3,(H,15,16). The molecule has 4 heteroatoms. The van der Waals surface area contributed by atoms with Gasteiger partial charge in [0, 0.05) is 13.5 Å². The molecule has 0 fully saturated rings. The Hall–Kier alpha value is -1.39. The summed E-state index contributed by atoms with van der Waals surface area (Å²) in [5.41, 5.74) is 2.81. The van der Waals surface area contributed by atoms with Gasteiger partial charge in [0.1, 0.15) is 6.10 Å². The summed E-state index contributed by atoms with van der Waals surface area (Å²) in [5.74, 6) is -0.136. The summed E-state index contributed by atoms with van der Waals surface area (Å²) in [6.07, 6.45) is -1.47. The van der Waals surface area contributed by atoms with Crippen LogP contribution in [0.4, 0.5) is 0 Å². The third kappa shape index (κ3) is 4.13. The summed E-state index contributed by atoms with van der Waals surface area (Å²) < 4.78 is 0. The van der Waals surface area contributed by atoms with Crippen LogP contribution in [-0.4, -0.2) is 28.8 Å². The van der Waals surface area contributed by atoms with Crippen LogP contribution in [0.3, 0.4) is 0 Å². The van der Waals surface area contributed by atoms with Crippen molar-refractivity contribution in [2.75, 3.05) is 6.54 Å². The highest BCUT2D eigenvalue weighted by Crippen LogP contribution is 2.23. The molecule has 0 radical (unpaired) electrons. The molecular formula is C14H21NO3. The maximum atomic E-state index is 10.7. The van der Waals surface area contributed by atoms with E-state index in [-0.39, 0.29) is 5.91 Å². The first-order chi connectivity index (χ1) is 8.41. The summed E-state index contributed by atoms with van der Waals surface area (Å²) in [6, 6.07) is 5.71. The molecule has 0 aromatic heterocycles.